The number of hydrogen-bond donors (Lipinski definition) is 0. The molecule has 2 aromatic heterocycles. The van der Waals surface area contributed by atoms with Crippen LogP contribution >= 0.6 is 22.7 Å². The Labute approximate surface area is 124 Å². The standard InChI is InChI=1S/C14H21NOS2Si/c1-14(2,3)19(4,5)16-8-12-13(15-10-18-12)11-6-7-17-9-11/h6-7,9-10H,8H2,1-5H3. The van der Waals surface area contributed by atoms with E-state index in [1.807, 2.05) is 5.51 Å². The van der Waals surface area contributed by atoms with Crippen molar-refractivity contribution in [2.75, 3.05) is 0 Å². The van der Waals surface area contributed by atoms with Crippen LogP contribution in [0, 0.1) is 0 Å². The van der Waals surface area contributed by atoms with Crippen molar-refractivity contribution in [2.45, 2.75) is 45.5 Å². The molecular weight excluding hydrogens is 290 g/mol. The van der Waals surface area contributed by atoms with Gasteiger partial charge in [-0.1, -0.05) is 20.8 Å². The predicted octanol–water partition coefficient (Wildman–Crippen LogP) is 5.39. The summed E-state index contributed by atoms with van der Waals surface area (Å²) in [7, 11) is -1.69. The van der Waals surface area contributed by atoms with Crippen molar-refractivity contribution in [2.24, 2.45) is 0 Å². The van der Waals surface area contributed by atoms with Crippen molar-refractivity contribution in [1.82, 2.24) is 4.98 Å². The third-order valence-electron chi connectivity index (χ3n) is 3.81. The maximum absolute atomic E-state index is 6.29. The van der Waals surface area contributed by atoms with E-state index < -0.39 is 8.32 Å². The number of thiophene rings is 1. The Hall–Kier alpha value is -0.493. The van der Waals surface area contributed by atoms with E-state index in [9.17, 15) is 0 Å². The minimum Gasteiger partial charge on any atom is -0.412 e. The van der Waals surface area contributed by atoms with Gasteiger partial charge in [0.05, 0.1) is 22.7 Å². The van der Waals surface area contributed by atoms with Gasteiger partial charge in [-0.2, -0.15) is 11.3 Å². The minimum absolute atomic E-state index is 0.250. The molecule has 2 heterocycles. The molecule has 0 aliphatic heterocycles. The lowest BCUT2D eigenvalue weighted by molar-refractivity contribution is 0.280. The highest BCUT2D eigenvalue weighted by Gasteiger charge is 2.37. The Bertz CT molecular complexity index is 526. The first-order chi connectivity index (χ1) is 8.81. The van der Waals surface area contributed by atoms with E-state index in [-0.39, 0.29) is 5.04 Å². The fraction of sp³-hybridized carbons (Fsp3) is 0.500. The second-order valence-electron chi connectivity index (χ2n) is 6.19. The average molecular weight is 312 g/mol. The molecule has 0 bridgehead atoms. The Balaban J connectivity index is 2.12. The van der Waals surface area contributed by atoms with Gasteiger partial charge in [-0.25, -0.2) is 4.98 Å². The van der Waals surface area contributed by atoms with E-state index in [0.717, 1.165) is 5.69 Å². The molecule has 2 rings (SSSR count). The zero-order valence-electron chi connectivity index (χ0n) is 12.2. The van der Waals surface area contributed by atoms with Crippen LogP contribution in [0.3, 0.4) is 0 Å². The highest BCUT2D eigenvalue weighted by molar-refractivity contribution is 7.10. The van der Waals surface area contributed by atoms with E-state index in [1.54, 1.807) is 22.7 Å². The van der Waals surface area contributed by atoms with Crippen LogP contribution in [0.5, 0.6) is 0 Å². The van der Waals surface area contributed by atoms with Crippen LogP contribution in [0.25, 0.3) is 11.3 Å². The molecule has 0 saturated carbocycles. The number of hydrogen-bond acceptors (Lipinski definition) is 4. The summed E-state index contributed by atoms with van der Waals surface area (Å²) in [5, 5.41) is 4.48. The maximum Gasteiger partial charge on any atom is 0.192 e. The molecule has 0 radical (unpaired) electrons. The lowest BCUT2D eigenvalue weighted by Crippen LogP contribution is -2.40. The van der Waals surface area contributed by atoms with Crippen molar-refractivity contribution in [3.63, 3.8) is 0 Å². The summed E-state index contributed by atoms with van der Waals surface area (Å²) in [6.45, 7) is 12.1. The number of aromatic nitrogens is 1. The molecule has 0 fully saturated rings. The summed E-state index contributed by atoms with van der Waals surface area (Å²) in [6.07, 6.45) is 0. The normalized spacial score (nSPS) is 12.9. The molecule has 0 N–H and O–H groups in total. The number of rotatable bonds is 4. The van der Waals surface area contributed by atoms with Crippen molar-refractivity contribution in [3.8, 4) is 11.3 Å². The van der Waals surface area contributed by atoms with Gasteiger partial charge in [-0.3, -0.25) is 0 Å². The smallest absolute Gasteiger partial charge is 0.192 e. The second-order valence-corrected chi connectivity index (χ2v) is 12.7. The van der Waals surface area contributed by atoms with Crippen LogP contribution in [-0.2, 0) is 11.0 Å². The fourth-order valence-corrected chi connectivity index (χ4v) is 3.85. The van der Waals surface area contributed by atoms with Crippen LogP contribution in [0.2, 0.25) is 18.1 Å². The van der Waals surface area contributed by atoms with Crippen molar-refractivity contribution in [3.05, 3.63) is 27.2 Å². The minimum atomic E-state index is -1.69. The van der Waals surface area contributed by atoms with Gasteiger partial charge in [-0.15, -0.1) is 11.3 Å². The summed E-state index contributed by atoms with van der Waals surface area (Å²) in [5.41, 5.74) is 4.21. The van der Waals surface area contributed by atoms with Crippen LogP contribution in [-0.4, -0.2) is 13.3 Å². The van der Waals surface area contributed by atoms with Crippen molar-refractivity contribution >= 4 is 31.0 Å². The molecule has 0 aromatic carbocycles. The first-order valence-electron chi connectivity index (χ1n) is 6.40. The first kappa shape index (κ1) is 14.9. The van der Waals surface area contributed by atoms with Gasteiger partial charge in [0.25, 0.3) is 0 Å². The van der Waals surface area contributed by atoms with E-state index in [1.165, 1.54) is 10.4 Å². The first-order valence-corrected chi connectivity index (χ1v) is 11.1. The van der Waals surface area contributed by atoms with Gasteiger partial charge in [0, 0.05) is 10.9 Å². The topological polar surface area (TPSA) is 22.1 Å². The van der Waals surface area contributed by atoms with Gasteiger partial charge >= 0.3 is 0 Å². The molecule has 0 spiro atoms. The third-order valence-corrected chi connectivity index (χ3v) is 9.77. The molecule has 0 atom stereocenters. The van der Waals surface area contributed by atoms with E-state index >= 15 is 0 Å². The fourth-order valence-electron chi connectivity index (χ4n) is 1.47. The van der Waals surface area contributed by atoms with Gasteiger partial charge in [-0.05, 0) is 29.6 Å². The molecule has 19 heavy (non-hydrogen) atoms. The Morgan fingerprint density at radius 1 is 1.32 bits per heavy atom. The molecule has 0 aliphatic rings. The summed E-state index contributed by atoms with van der Waals surface area (Å²) in [5.74, 6) is 0. The molecule has 2 aromatic rings. The van der Waals surface area contributed by atoms with Crippen LogP contribution in [0.15, 0.2) is 22.3 Å². The highest BCUT2D eigenvalue weighted by atomic mass is 32.1. The van der Waals surface area contributed by atoms with Gasteiger partial charge in [0.2, 0.25) is 0 Å². The predicted molar refractivity (Wildman–Crippen MR) is 87.4 cm³/mol. The Morgan fingerprint density at radius 3 is 2.63 bits per heavy atom. The lowest BCUT2D eigenvalue weighted by Gasteiger charge is -2.36. The van der Waals surface area contributed by atoms with E-state index in [4.69, 9.17) is 4.43 Å². The van der Waals surface area contributed by atoms with Gasteiger partial charge in [0.15, 0.2) is 8.32 Å². The largest absolute Gasteiger partial charge is 0.412 e. The van der Waals surface area contributed by atoms with Crippen molar-refractivity contribution in [1.29, 1.82) is 0 Å². The monoisotopic (exact) mass is 311 g/mol. The molecular formula is C14H21NOS2Si. The highest BCUT2D eigenvalue weighted by Crippen LogP contribution is 2.38. The number of thiazole rings is 1. The van der Waals surface area contributed by atoms with E-state index in [0.29, 0.717) is 6.61 Å². The molecule has 0 unspecified atom stereocenters. The second kappa shape index (κ2) is 5.48. The van der Waals surface area contributed by atoms with Crippen LogP contribution < -0.4 is 0 Å². The quantitative estimate of drug-likeness (QED) is 0.706. The maximum atomic E-state index is 6.29. The van der Waals surface area contributed by atoms with E-state index in [2.05, 4.69) is 55.7 Å². The molecule has 2 nitrogen and oxygen atoms in total. The Morgan fingerprint density at radius 2 is 2.05 bits per heavy atom. The Kier molecular flexibility index (Phi) is 4.30. The average Bonchev–Trinajstić information content (AvgIpc) is 2.95. The van der Waals surface area contributed by atoms with Crippen molar-refractivity contribution < 1.29 is 4.43 Å². The molecule has 5 heteroatoms. The molecule has 0 aliphatic carbocycles. The molecule has 0 amide bonds. The zero-order chi connectivity index (χ0) is 14.1. The number of nitrogens with zero attached hydrogens (tertiary/aromatic N) is 1. The van der Waals surface area contributed by atoms with Gasteiger partial charge in [0.1, 0.15) is 0 Å². The molecule has 0 saturated heterocycles. The SMILES string of the molecule is CC(C)(C)[Si](C)(C)OCc1scnc1-c1ccsc1. The summed E-state index contributed by atoms with van der Waals surface area (Å²) >= 11 is 3.40. The summed E-state index contributed by atoms with van der Waals surface area (Å²) in [4.78, 5) is 5.72. The summed E-state index contributed by atoms with van der Waals surface area (Å²) in [6, 6.07) is 2.12. The zero-order valence-corrected chi connectivity index (χ0v) is 14.8. The molecule has 104 valence electrons. The lowest BCUT2D eigenvalue weighted by atomic mass is 10.2. The third kappa shape index (κ3) is 3.34. The van der Waals surface area contributed by atoms with Crippen LogP contribution in [0.4, 0.5) is 0 Å². The van der Waals surface area contributed by atoms with Gasteiger partial charge < -0.3 is 4.43 Å². The summed E-state index contributed by atoms with van der Waals surface area (Å²) < 4.78 is 6.29. The van der Waals surface area contributed by atoms with Crippen LogP contribution in [0.1, 0.15) is 25.6 Å².